The maximum atomic E-state index is 15.4. The number of benzene rings is 3. The lowest BCUT2D eigenvalue weighted by atomic mass is 9.91. The summed E-state index contributed by atoms with van der Waals surface area (Å²) < 4.78 is 15.4. The van der Waals surface area contributed by atoms with Gasteiger partial charge in [-0.15, -0.1) is 0 Å². The van der Waals surface area contributed by atoms with Gasteiger partial charge in [0.2, 0.25) is 5.95 Å². The summed E-state index contributed by atoms with van der Waals surface area (Å²) in [5.41, 5.74) is 6.29. The minimum absolute atomic E-state index is 0.158. The van der Waals surface area contributed by atoms with Crippen LogP contribution in [0.2, 0.25) is 5.02 Å². The number of fused-ring (bicyclic) bond motifs is 3. The Morgan fingerprint density at radius 2 is 1.87 bits per heavy atom. The zero-order valence-electron chi connectivity index (χ0n) is 21.7. The van der Waals surface area contributed by atoms with Gasteiger partial charge in [0.05, 0.1) is 18.0 Å². The number of halogens is 2. The van der Waals surface area contributed by atoms with Crippen molar-refractivity contribution < 1.29 is 9.18 Å². The van der Waals surface area contributed by atoms with Crippen LogP contribution in [0.3, 0.4) is 0 Å². The summed E-state index contributed by atoms with van der Waals surface area (Å²) in [6.45, 7) is 1.12. The lowest BCUT2D eigenvalue weighted by Crippen LogP contribution is -2.17. The molecule has 4 aromatic rings. The Morgan fingerprint density at radius 3 is 2.64 bits per heavy atom. The molecular weight excluding hydrogens is 515 g/mol. The first kappa shape index (κ1) is 26.5. The number of carbonyl (C=O) groups excluding carboxylic acids is 1. The third-order valence-electron chi connectivity index (χ3n) is 6.60. The van der Waals surface area contributed by atoms with Crippen molar-refractivity contribution in [2.75, 3.05) is 26.0 Å². The van der Waals surface area contributed by atoms with Gasteiger partial charge in [-0.05, 0) is 74.5 Å². The van der Waals surface area contributed by atoms with Gasteiger partial charge in [-0.2, -0.15) is 0 Å². The second kappa shape index (κ2) is 11.7. The minimum Gasteiger partial charge on any atom is -0.355 e. The highest BCUT2D eigenvalue weighted by Crippen LogP contribution is 2.35. The molecule has 0 bridgehead atoms. The second-order valence-corrected chi connectivity index (χ2v) is 9.62. The summed E-state index contributed by atoms with van der Waals surface area (Å²) in [4.78, 5) is 26.1. The number of rotatable bonds is 8. The van der Waals surface area contributed by atoms with Crippen molar-refractivity contribution in [1.29, 1.82) is 0 Å². The molecule has 7 nitrogen and oxygen atoms in total. The molecule has 0 unspecified atom stereocenters. The molecule has 0 aliphatic carbocycles. The van der Waals surface area contributed by atoms with Crippen LogP contribution in [0.5, 0.6) is 0 Å². The zero-order valence-corrected chi connectivity index (χ0v) is 22.4. The zero-order chi connectivity index (χ0) is 27.4. The predicted molar refractivity (Wildman–Crippen MR) is 154 cm³/mol. The van der Waals surface area contributed by atoms with Crippen molar-refractivity contribution in [3.05, 3.63) is 106 Å². The largest absolute Gasteiger partial charge is 0.355 e. The molecule has 1 aliphatic heterocycles. The van der Waals surface area contributed by atoms with Crippen molar-refractivity contribution in [3.63, 3.8) is 0 Å². The molecule has 0 fully saturated rings. The molecular formula is C30H28ClFN6O. The molecule has 2 heterocycles. The van der Waals surface area contributed by atoms with E-state index in [1.165, 1.54) is 6.07 Å². The molecule has 3 aromatic carbocycles. The molecule has 39 heavy (non-hydrogen) atoms. The van der Waals surface area contributed by atoms with Crippen molar-refractivity contribution >= 4 is 34.9 Å². The van der Waals surface area contributed by atoms with E-state index in [0.717, 1.165) is 40.9 Å². The van der Waals surface area contributed by atoms with Gasteiger partial charge >= 0.3 is 0 Å². The molecule has 1 aromatic heterocycles. The first-order chi connectivity index (χ1) is 19.0. The van der Waals surface area contributed by atoms with Gasteiger partial charge in [-0.3, -0.25) is 9.79 Å². The van der Waals surface area contributed by atoms with Crippen LogP contribution in [0.15, 0.2) is 71.9 Å². The fourth-order valence-corrected chi connectivity index (χ4v) is 4.85. The van der Waals surface area contributed by atoms with Gasteiger partial charge in [-0.1, -0.05) is 29.8 Å². The van der Waals surface area contributed by atoms with E-state index in [1.54, 1.807) is 49.6 Å². The van der Waals surface area contributed by atoms with Crippen molar-refractivity contribution in [2.45, 2.75) is 19.4 Å². The average Bonchev–Trinajstić information content (AvgIpc) is 3.09. The summed E-state index contributed by atoms with van der Waals surface area (Å²) in [5, 5.41) is 9.49. The first-order valence-electron chi connectivity index (χ1n) is 12.7. The Kier molecular flexibility index (Phi) is 7.95. The smallest absolute Gasteiger partial charge is 0.251 e. The molecule has 0 spiro atoms. The van der Waals surface area contributed by atoms with Crippen LogP contribution >= 0.6 is 11.6 Å². The number of anilines is 2. The van der Waals surface area contributed by atoms with Gasteiger partial charge in [0.15, 0.2) is 0 Å². The molecule has 0 saturated carbocycles. The lowest BCUT2D eigenvalue weighted by molar-refractivity contribution is 0.0963. The lowest BCUT2D eigenvalue weighted by Gasteiger charge is -2.16. The number of aryl methyl sites for hydroxylation is 1. The minimum atomic E-state index is -0.318. The average molecular weight is 543 g/mol. The van der Waals surface area contributed by atoms with E-state index in [1.807, 2.05) is 25.2 Å². The fourth-order valence-electron chi connectivity index (χ4n) is 4.67. The first-order valence-corrected chi connectivity index (χ1v) is 13.1. The highest BCUT2D eigenvalue weighted by molar-refractivity contribution is 6.31. The van der Waals surface area contributed by atoms with Crippen LogP contribution < -0.4 is 16.0 Å². The third-order valence-corrected chi connectivity index (χ3v) is 6.84. The number of amides is 1. The van der Waals surface area contributed by atoms with E-state index in [0.29, 0.717) is 46.5 Å². The number of hydrogen-bond acceptors (Lipinski definition) is 6. The quantitative estimate of drug-likeness (QED) is 0.254. The molecule has 5 rings (SSSR count). The van der Waals surface area contributed by atoms with Crippen LogP contribution in [0, 0.1) is 5.82 Å². The topological polar surface area (TPSA) is 91.3 Å². The van der Waals surface area contributed by atoms with Gasteiger partial charge < -0.3 is 16.0 Å². The fraction of sp³-hybridized carbons (Fsp3) is 0.200. The predicted octanol–water partition coefficient (Wildman–Crippen LogP) is 5.54. The third kappa shape index (κ3) is 5.67. The van der Waals surface area contributed by atoms with Gasteiger partial charge in [0.1, 0.15) is 5.82 Å². The highest BCUT2D eigenvalue weighted by Gasteiger charge is 2.25. The van der Waals surface area contributed by atoms with E-state index in [2.05, 4.69) is 20.9 Å². The van der Waals surface area contributed by atoms with Crippen molar-refractivity contribution in [1.82, 2.24) is 20.6 Å². The van der Waals surface area contributed by atoms with Crippen molar-refractivity contribution in [3.8, 4) is 11.3 Å². The number of aliphatic imine (C=N–C) groups is 1. The molecule has 0 radical (unpaired) electrons. The molecule has 1 amide bonds. The number of nitrogens with one attached hydrogen (secondary N) is 3. The molecule has 0 saturated heterocycles. The van der Waals surface area contributed by atoms with E-state index >= 15 is 4.39 Å². The Hall–Kier alpha value is -4.14. The maximum absolute atomic E-state index is 15.4. The molecule has 1 aliphatic rings. The number of aromatic nitrogens is 2. The number of hydrogen-bond donors (Lipinski definition) is 3. The Bertz CT molecular complexity index is 1550. The Balaban J connectivity index is 1.54. The van der Waals surface area contributed by atoms with Crippen molar-refractivity contribution in [2.24, 2.45) is 4.99 Å². The van der Waals surface area contributed by atoms with Crippen LogP contribution in [0.1, 0.15) is 39.0 Å². The van der Waals surface area contributed by atoms with Crippen LogP contribution in [-0.2, 0) is 13.0 Å². The van der Waals surface area contributed by atoms with Gasteiger partial charge in [-0.25, -0.2) is 14.4 Å². The van der Waals surface area contributed by atoms with E-state index < -0.39 is 0 Å². The SMILES string of the molecule is CNCCCc1cccc(F)c1C1=NCc2cnc(Nc3ccc(C(=O)NC)cc3)nc2-c2ccc(Cl)cc21. The van der Waals surface area contributed by atoms with E-state index in [4.69, 9.17) is 21.6 Å². The molecule has 198 valence electrons. The molecule has 0 atom stereocenters. The normalized spacial score (nSPS) is 12.2. The summed E-state index contributed by atoms with van der Waals surface area (Å²) in [5.74, 6) is -0.0837. The van der Waals surface area contributed by atoms with E-state index in [-0.39, 0.29) is 11.7 Å². The second-order valence-electron chi connectivity index (χ2n) is 9.18. The van der Waals surface area contributed by atoms with Gasteiger partial charge in [0, 0.05) is 51.8 Å². The Labute approximate surface area is 231 Å². The highest BCUT2D eigenvalue weighted by atomic mass is 35.5. The van der Waals surface area contributed by atoms with Crippen LogP contribution in [0.25, 0.3) is 11.3 Å². The van der Waals surface area contributed by atoms with Gasteiger partial charge in [0.25, 0.3) is 5.91 Å². The summed E-state index contributed by atoms with van der Waals surface area (Å²) in [6, 6.07) is 17.7. The molecule has 9 heteroatoms. The standard InChI is InChI=1S/C30H28ClFN6O/c1-33-14-4-6-18-5-3-7-25(32)26(18)28-24-15-21(31)10-13-23(24)27-20(16-35-28)17-36-30(38-27)37-22-11-8-19(9-12-22)29(39)34-2/h3,5,7-13,15,17,33H,4,6,14,16H2,1-2H3,(H,34,39)(H,36,37,38). The monoisotopic (exact) mass is 542 g/mol. The summed E-state index contributed by atoms with van der Waals surface area (Å²) >= 11 is 6.45. The summed E-state index contributed by atoms with van der Waals surface area (Å²) in [6.07, 6.45) is 3.32. The van der Waals surface area contributed by atoms with Crippen LogP contribution in [0.4, 0.5) is 16.0 Å². The molecule has 3 N–H and O–H groups in total. The number of nitrogens with zero attached hydrogens (tertiary/aromatic N) is 3. The Morgan fingerprint density at radius 1 is 1.05 bits per heavy atom. The number of carbonyl (C=O) groups is 1. The summed E-state index contributed by atoms with van der Waals surface area (Å²) in [7, 11) is 3.50. The van der Waals surface area contributed by atoms with Crippen LogP contribution in [-0.4, -0.2) is 42.2 Å². The maximum Gasteiger partial charge on any atom is 0.251 e. The van der Waals surface area contributed by atoms with E-state index in [9.17, 15) is 4.79 Å².